The molecule has 94 valence electrons. The summed E-state index contributed by atoms with van der Waals surface area (Å²) in [6, 6.07) is 7.57. The van der Waals surface area contributed by atoms with Crippen LogP contribution in [-0.2, 0) is 4.79 Å². The van der Waals surface area contributed by atoms with Gasteiger partial charge in [-0.05, 0) is 5.56 Å². The Morgan fingerprint density at radius 1 is 1.18 bits per heavy atom. The summed E-state index contributed by atoms with van der Waals surface area (Å²) >= 11 is 0. The van der Waals surface area contributed by atoms with Crippen LogP contribution in [0.15, 0.2) is 30.3 Å². The Morgan fingerprint density at radius 2 is 1.71 bits per heavy atom. The molecule has 0 aliphatic heterocycles. The van der Waals surface area contributed by atoms with E-state index < -0.39 is 18.5 Å². The van der Waals surface area contributed by atoms with Crippen LogP contribution in [0, 0.1) is 5.92 Å². The number of carbonyl (C=O) groups excluding carboxylic acids is 1. The summed E-state index contributed by atoms with van der Waals surface area (Å²) in [5.41, 5.74) is 0.147. The Labute approximate surface area is 98.6 Å². The first-order valence-corrected chi connectivity index (χ1v) is 5.46. The summed E-state index contributed by atoms with van der Waals surface area (Å²) in [5, 5.41) is 0. The van der Waals surface area contributed by atoms with Gasteiger partial charge in [0.05, 0.1) is 5.92 Å². The molecule has 0 bridgehead atoms. The number of rotatable bonds is 4. The van der Waals surface area contributed by atoms with E-state index in [1.54, 1.807) is 32.0 Å². The third-order valence-corrected chi connectivity index (χ3v) is 2.65. The highest BCUT2D eigenvalue weighted by atomic mass is 19.4. The standard InChI is InChI=1S/C13H15F3O/c1-9(2)12(17)8-11(13(14,15)16)10-6-4-3-5-7-10/h3-7,9,11H,8H2,1-2H3/t11-/m1/s1. The van der Waals surface area contributed by atoms with Gasteiger partial charge in [-0.1, -0.05) is 44.2 Å². The molecule has 0 fully saturated rings. The minimum absolute atomic E-state index is 0.147. The Hall–Kier alpha value is -1.32. The molecule has 0 amide bonds. The number of halogens is 3. The topological polar surface area (TPSA) is 17.1 Å². The molecule has 1 nitrogen and oxygen atoms in total. The second-order valence-electron chi connectivity index (χ2n) is 4.33. The minimum atomic E-state index is -4.38. The van der Waals surface area contributed by atoms with Gasteiger partial charge < -0.3 is 0 Å². The van der Waals surface area contributed by atoms with Gasteiger partial charge >= 0.3 is 6.18 Å². The summed E-state index contributed by atoms with van der Waals surface area (Å²) in [7, 11) is 0. The molecular weight excluding hydrogens is 229 g/mol. The zero-order valence-electron chi connectivity index (χ0n) is 9.79. The number of hydrogen-bond donors (Lipinski definition) is 0. The first kappa shape index (κ1) is 13.7. The number of Topliss-reactive ketones (excluding diaryl/α,β-unsaturated/α-hetero) is 1. The van der Waals surface area contributed by atoms with Crippen molar-refractivity contribution in [1.82, 2.24) is 0 Å². The fourth-order valence-electron chi connectivity index (χ4n) is 1.54. The third-order valence-electron chi connectivity index (χ3n) is 2.65. The Morgan fingerprint density at radius 3 is 2.12 bits per heavy atom. The van der Waals surface area contributed by atoms with Gasteiger partial charge in [0.25, 0.3) is 0 Å². The van der Waals surface area contributed by atoms with E-state index in [1.807, 2.05) is 0 Å². The number of carbonyl (C=O) groups is 1. The molecule has 0 aliphatic rings. The van der Waals surface area contributed by atoms with Crippen LogP contribution in [0.2, 0.25) is 0 Å². The van der Waals surface area contributed by atoms with Crippen molar-refractivity contribution < 1.29 is 18.0 Å². The maximum Gasteiger partial charge on any atom is 0.396 e. The molecule has 0 saturated heterocycles. The number of hydrogen-bond acceptors (Lipinski definition) is 1. The molecular formula is C13H15F3O. The van der Waals surface area contributed by atoms with Crippen LogP contribution in [0.3, 0.4) is 0 Å². The van der Waals surface area contributed by atoms with E-state index >= 15 is 0 Å². The molecule has 0 radical (unpaired) electrons. The van der Waals surface area contributed by atoms with Gasteiger partial charge in [-0.2, -0.15) is 13.2 Å². The van der Waals surface area contributed by atoms with Gasteiger partial charge in [0, 0.05) is 12.3 Å². The van der Waals surface area contributed by atoms with Crippen molar-refractivity contribution in [2.75, 3.05) is 0 Å². The van der Waals surface area contributed by atoms with Crippen molar-refractivity contribution in [2.45, 2.75) is 32.4 Å². The lowest BCUT2D eigenvalue weighted by molar-refractivity contribution is -0.157. The first-order valence-electron chi connectivity index (χ1n) is 5.46. The molecule has 0 spiro atoms. The summed E-state index contributed by atoms with van der Waals surface area (Å²) in [6.07, 6.45) is -4.86. The highest BCUT2D eigenvalue weighted by Gasteiger charge is 2.41. The van der Waals surface area contributed by atoms with E-state index in [4.69, 9.17) is 0 Å². The van der Waals surface area contributed by atoms with Crippen LogP contribution in [0.4, 0.5) is 13.2 Å². The molecule has 0 saturated carbocycles. The van der Waals surface area contributed by atoms with Crippen LogP contribution in [-0.4, -0.2) is 12.0 Å². The molecule has 1 aromatic carbocycles. The fraction of sp³-hybridized carbons (Fsp3) is 0.462. The zero-order chi connectivity index (χ0) is 13.1. The van der Waals surface area contributed by atoms with Gasteiger partial charge in [0.1, 0.15) is 5.78 Å². The second kappa shape index (κ2) is 5.34. The van der Waals surface area contributed by atoms with Crippen LogP contribution in [0.5, 0.6) is 0 Å². The second-order valence-corrected chi connectivity index (χ2v) is 4.33. The van der Waals surface area contributed by atoms with Gasteiger partial charge in [-0.25, -0.2) is 0 Å². The molecule has 0 aromatic heterocycles. The van der Waals surface area contributed by atoms with Crippen molar-refractivity contribution in [3.63, 3.8) is 0 Å². The van der Waals surface area contributed by atoms with Crippen molar-refractivity contribution in [3.05, 3.63) is 35.9 Å². The molecule has 1 rings (SSSR count). The Balaban J connectivity index is 2.95. The smallest absolute Gasteiger partial charge is 0.299 e. The normalized spacial score (nSPS) is 13.8. The molecule has 0 N–H and O–H groups in total. The average molecular weight is 244 g/mol. The SMILES string of the molecule is CC(C)C(=O)C[C@H](c1ccccc1)C(F)(F)F. The van der Waals surface area contributed by atoms with E-state index in [0.717, 1.165) is 0 Å². The molecule has 0 aliphatic carbocycles. The maximum absolute atomic E-state index is 12.9. The van der Waals surface area contributed by atoms with Gasteiger partial charge in [0.15, 0.2) is 0 Å². The van der Waals surface area contributed by atoms with E-state index in [9.17, 15) is 18.0 Å². The van der Waals surface area contributed by atoms with Crippen molar-refractivity contribution in [3.8, 4) is 0 Å². The highest BCUT2D eigenvalue weighted by Crippen LogP contribution is 2.37. The van der Waals surface area contributed by atoms with Crippen LogP contribution in [0.1, 0.15) is 31.7 Å². The Kier molecular flexibility index (Phi) is 4.32. The summed E-state index contributed by atoms with van der Waals surface area (Å²) in [4.78, 5) is 11.5. The third kappa shape index (κ3) is 3.88. The maximum atomic E-state index is 12.9. The minimum Gasteiger partial charge on any atom is -0.299 e. The predicted octanol–water partition coefficient (Wildman–Crippen LogP) is 3.95. The lowest BCUT2D eigenvalue weighted by Gasteiger charge is -2.20. The highest BCUT2D eigenvalue weighted by molar-refractivity contribution is 5.81. The van der Waals surface area contributed by atoms with Crippen LogP contribution >= 0.6 is 0 Å². The average Bonchev–Trinajstić information content (AvgIpc) is 2.25. The Bertz CT molecular complexity index is 368. The number of ketones is 1. The van der Waals surface area contributed by atoms with Gasteiger partial charge in [-0.3, -0.25) is 4.79 Å². The monoisotopic (exact) mass is 244 g/mol. The van der Waals surface area contributed by atoms with Crippen molar-refractivity contribution in [1.29, 1.82) is 0 Å². The van der Waals surface area contributed by atoms with E-state index in [1.165, 1.54) is 12.1 Å². The summed E-state index contributed by atoms with van der Waals surface area (Å²) in [5.74, 6) is -2.43. The van der Waals surface area contributed by atoms with Crippen LogP contribution in [0.25, 0.3) is 0 Å². The van der Waals surface area contributed by atoms with E-state index in [-0.39, 0.29) is 17.3 Å². The van der Waals surface area contributed by atoms with E-state index in [2.05, 4.69) is 0 Å². The van der Waals surface area contributed by atoms with Gasteiger partial charge in [0.2, 0.25) is 0 Å². The number of benzene rings is 1. The summed E-state index contributed by atoms with van der Waals surface area (Å²) in [6.45, 7) is 3.22. The number of alkyl halides is 3. The predicted molar refractivity (Wildman–Crippen MR) is 59.7 cm³/mol. The molecule has 4 heteroatoms. The zero-order valence-corrected chi connectivity index (χ0v) is 9.79. The molecule has 0 unspecified atom stereocenters. The largest absolute Gasteiger partial charge is 0.396 e. The quantitative estimate of drug-likeness (QED) is 0.783. The van der Waals surface area contributed by atoms with Crippen LogP contribution < -0.4 is 0 Å². The van der Waals surface area contributed by atoms with E-state index in [0.29, 0.717) is 0 Å². The molecule has 1 atom stereocenters. The first-order chi connectivity index (χ1) is 7.82. The van der Waals surface area contributed by atoms with Gasteiger partial charge in [-0.15, -0.1) is 0 Å². The molecule has 17 heavy (non-hydrogen) atoms. The fourth-order valence-corrected chi connectivity index (χ4v) is 1.54. The lowest BCUT2D eigenvalue weighted by atomic mass is 9.90. The molecule has 1 aromatic rings. The summed E-state index contributed by atoms with van der Waals surface area (Å²) < 4.78 is 38.6. The molecule has 0 heterocycles. The van der Waals surface area contributed by atoms with Crippen molar-refractivity contribution in [2.24, 2.45) is 5.92 Å². The lowest BCUT2D eigenvalue weighted by Crippen LogP contribution is -2.25. The van der Waals surface area contributed by atoms with Crippen molar-refractivity contribution >= 4 is 5.78 Å².